The summed E-state index contributed by atoms with van der Waals surface area (Å²) in [6, 6.07) is 4.05. The number of hydrogen-bond donors (Lipinski definition) is 2. The van der Waals surface area contributed by atoms with Gasteiger partial charge in [-0.1, -0.05) is 12.1 Å². The minimum atomic E-state index is -4.74. The maximum Gasteiger partial charge on any atom is 0.417 e. The number of alkyl halides is 3. The van der Waals surface area contributed by atoms with E-state index in [2.05, 4.69) is 15.1 Å². The molecule has 1 aromatic heterocycles. The van der Waals surface area contributed by atoms with E-state index in [1.165, 1.54) is 17.4 Å². The molecule has 0 bridgehead atoms. The number of rotatable bonds is 5. The van der Waals surface area contributed by atoms with E-state index in [1.807, 2.05) is 5.43 Å². The molecule has 0 aliphatic heterocycles. The zero-order chi connectivity index (χ0) is 20.0. The number of ether oxygens (including phenoxy) is 1. The largest absolute Gasteiger partial charge is 0.452 e. The Morgan fingerprint density at radius 3 is 2.44 bits per heavy atom. The first-order chi connectivity index (χ1) is 12.7. The van der Waals surface area contributed by atoms with Crippen LogP contribution < -0.4 is 10.9 Å². The molecule has 1 heterocycles. The second-order valence-electron chi connectivity index (χ2n) is 5.28. The lowest BCUT2D eigenvalue weighted by Gasteiger charge is -2.12. The summed E-state index contributed by atoms with van der Waals surface area (Å²) in [4.78, 5) is 39.1. The van der Waals surface area contributed by atoms with E-state index in [4.69, 9.17) is 0 Å². The van der Waals surface area contributed by atoms with Crippen molar-refractivity contribution in [3.63, 3.8) is 0 Å². The van der Waals surface area contributed by atoms with Crippen LogP contribution in [-0.4, -0.2) is 29.4 Å². The Morgan fingerprint density at radius 2 is 1.81 bits per heavy atom. The number of hydrogen-bond acceptors (Lipinski definition) is 6. The lowest BCUT2D eigenvalue weighted by Crippen LogP contribution is -2.44. The van der Waals surface area contributed by atoms with Gasteiger partial charge in [0.25, 0.3) is 5.91 Å². The molecule has 2 N–H and O–H groups in total. The number of benzene rings is 1. The molecule has 7 nitrogen and oxygen atoms in total. The summed E-state index contributed by atoms with van der Waals surface area (Å²) in [5, 5.41) is 2.31. The molecule has 0 unspecified atom stereocenters. The highest BCUT2D eigenvalue weighted by Crippen LogP contribution is 2.32. The summed E-state index contributed by atoms with van der Waals surface area (Å²) < 4.78 is 43.1. The molecular weight excluding hydrogens is 387 g/mol. The minimum absolute atomic E-state index is 0.0580. The van der Waals surface area contributed by atoms with Gasteiger partial charge in [0.1, 0.15) is 5.01 Å². The first-order valence-electron chi connectivity index (χ1n) is 7.49. The highest BCUT2D eigenvalue weighted by atomic mass is 32.1. The van der Waals surface area contributed by atoms with E-state index in [9.17, 15) is 27.6 Å². The Kier molecular flexibility index (Phi) is 6.50. The fourth-order valence-corrected chi connectivity index (χ4v) is 2.73. The van der Waals surface area contributed by atoms with E-state index < -0.39 is 41.7 Å². The van der Waals surface area contributed by atoms with Crippen molar-refractivity contribution in [3.05, 3.63) is 51.5 Å². The van der Waals surface area contributed by atoms with E-state index in [1.54, 1.807) is 12.3 Å². The predicted molar refractivity (Wildman–Crippen MR) is 88.6 cm³/mol. The molecule has 0 atom stereocenters. The van der Waals surface area contributed by atoms with Crippen LogP contribution in [0.3, 0.4) is 0 Å². The number of thiazole rings is 1. The molecule has 0 fully saturated rings. The Hall–Kier alpha value is -2.95. The topological polar surface area (TPSA) is 97.4 Å². The van der Waals surface area contributed by atoms with Gasteiger partial charge in [0.15, 0.2) is 6.61 Å². The first kappa shape index (κ1) is 20.4. The third kappa shape index (κ3) is 6.06. The van der Waals surface area contributed by atoms with Gasteiger partial charge in [-0.3, -0.25) is 20.4 Å². The number of carbonyl (C=O) groups excluding carboxylic acids is 3. The second-order valence-corrected chi connectivity index (χ2v) is 6.22. The summed E-state index contributed by atoms with van der Waals surface area (Å²) in [6.45, 7) is 0.909. The molecule has 2 rings (SSSR count). The number of esters is 1. The number of amides is 2. The van der Waals surface area contributed by atoms with Gasteiger partial charge in [0.2, 0.25) is 5.91 Å². The van der Waals surface area contributed by atoms with Gasteiger partial charge < -0.3 is 4.74 Å². The van der Waals surface area contributed by atoms with E-state index >= 15 is 0 Å². The van der Waals surface area contributed by atoms with Crippen LogP contribution in [-0.2, 0) is 26.9 Å². The quantitative estimate of drug-likeness (QED) is 0.590. The molecule has 0 aliphatic rings. The third-order valence-corrected chi connectivity index (χ3v) is 4.07. The van der Waals surface area contributed by atoms with Crippen molar-refractivity contribution in [3.8, 4) is 0 Å². The van der Waals surface area contributed by atoms with Gasteiger partial charge in [-0.25, -0.2) is 9.78 Å². The fraction of sp³-hybridized carbons (Fsp3) is 0.250. The smallest absolute Gasteiger partial charge is 0.417 e. The number of aryl methyl sites for hydroxylation is 1. The average molecular weight is 401 g/mol. The Labute approximate surface area is 155 Å². The summed E-state index contributed by atoms with van der Waals surface area (Å²) in [5.74, 6) is -2.76. The Bertz CT molecular complexity index is 851. The molecule has 0 saturated carbocycles. The van der Waals surface area contributed by atoms with Crippen LogP contribution in [0.5, 0.6) is 0 Å². The van der Waals surface area contributed by atoms with Gasteiger partial charge in [0.05, 0.1) is 17.5 Å². The number of carbonyl (C=O) groups is 3. The van der Waals surface area contributed by atoms with Gasteiger partial charge in [-0.2, -0.15) is 13.2 Å². The van der Waals surface area contributed by atoms with Crippen LogP contribution in [0.15, 0.2) is 29.6 Å². The van der Waals surface area contributed by atoms with Crippen molar-refractivity contribution >= 4 is 29.1 Å². The molecule has 0 spiro atoms. The lowest BCUT2D eigenvalue weighted by molar-refractivity contribution is -0.138. The summed E-state index contributed by atoms with van der Waals surface area (Å²) in [7, 11) is 0. The van der Waals surface area contributed by atoms with Crippen LogP contribution in [0, 0.1) is 6.92 Å². The maximum absolute atomic E-state index is 12.9. The molecule has 0 saturated heterocycles. The van der Waals surface area contributed by atoms with Crippen LogP contribution in [0.2, 0.25) is 0 Å². The number of halogens is 3. The zero-order valence-electron chi connectivity index (χ0n) is 13.9. The van der Waals surface area contributed by atoms with E-state index in [-0.39, 0.29) is 6.42 Å². The fourth-order valence-electron chi connectivity index (χ4n) is 1.96. The second kappa shape index (κ2) is 8.62. The van der Waals surface area contributed by atoms with E-state index in [0.29, 0.717) is 5.01 Å². The Balaban J connectivity index is 1.82. The monoisotopic (exact) mass is 401 g/mol. The van der Waals surface area contributed by atoms with Crippen molar-refractivity contribution in [2.75, 3.05) is 6.61 Å². The van der Waals surface area contributed by atoms with Crippen molar-refractivity contribution in [2.45, 2.75) is 19.5 Å². The van der Waals surface area contributed by atoms with Crippen molar-refractivity contribution < 1.29 is 32.3 Å². The van der Waals surface area contributed by atoms with Crippen molar-refractivity contribution in [2.24, 2.45) is 0 Å². The molecule has 1 aromatic carbocycles. The number of nitrogens with one attached hydrogen (secondary N) is 2. The molecule has 2 aromatic rings. The molecule has 11 heteroatoms. The van der Waals surface area contributed by atoms with E-state index in [0.717, 1.165) is 23.9 Å². The molecule has 144 valence electrons. The molecular formula is C16H14F3N3O4S. The van der Waals surface area contributed by atoms with Gasteiger partial charge in [-0.05, 0) is 19.1 Å². The minimum Gasteiger partial charge on any atom is -0.452 e. The molecule has 0 aliphatic carbocycles. The van der Waals surface area contributed by atoms with Gasteiger partial charge in [-0.15, -0.1) is 11.3 Å². The normalized spacial score (nSPS) is 11.0. The van der Waals surface area contributed by atoms with Gasteiger partial charge >= 0.3 is 12.1 Å². The van der Waals surface area contributed by atoms with Crippen molar-refractivity contribution in [1.82, 2.24) is 15.8 Å². The third-order valence-electron chi connectivity index (χ3n) is 3.11. The molecule has 27 heavy (non-hydrogen) atoms. The van der Waals surface area contributed by atoms with Crippen LogP contribution in [0.25, 0.3) is 0 Å². The number of nitrogens with zero attached hydrogens (tertiary/aromatic N) is 1. The highest BCUT2D eigenvalue weighted by Gasteiger charge is 2.35. The average Bonchev–Trinajstić information content (AvgIpc) is 3.01. The summed E-state index contributed by atoms with van der Waals surface area (Å²) >= 11 is 1.28. The first-order valence-corrected chi connectivity index (χ1v) is 8.37. The zero-order valence-corrected chi connectivity index (χ0v) is 14.7. The van der Waals surface area contributed by atoms with Gasteiger partial charge in [0, 0.05) is 11.1 Å². The standard InChI is InChI=1S/C16H14F3N3O4S/c1-9-8-27-14(20-9)6-12(23)21-22-13(24)7-26-15(25)10-4-2-3-5-11(10)16(17,18)19/h2-5,8H,6-7H2,1H3,(H,21,23)(H,22,24). The molecule has 2 amide bonds. The van der Waals surface area contributed by atoms with Crippen LogP contribution in [0.1, 0.15) is 26.6 Å². The summed E-state index contributed by atoms with van der Waals surface area (Å²) in [6.07, 6.45) is -4.79. The predicted octanol–water partition coefficient (Wildman–Crippen LogP) is 2.02. The maximum atomic E-state index is 12.9. The number of aromatic nitrogens is 1. The number of hydrazine groups is 1. The van der Waals surface area contributed by atoms with Crippen LogP contribution >= 0.6 is 11.3 Å². The molecule has 0 radical (unpaired) electrons. The van der Waals surface area contributed by atoms with Crippen LogP contribution in [0.4, 0.5) is 13.2 Å². The highest BCUT2D eigenvalue weighted by molar-refractivity contribution is 7.09. The lowest BCUT2D eigenvalue weighted by atomic mass is 10.1. The van der Waals surface area contributed by atoms with Crippen molar-refractivity contribution in [1.29, 1.82) is 0 Å². The summed E-state index contributed by atoms with van der Waals surface area (Å²) in [5.41, 5.74) is 2.99. The SMILES string of the molecule is Cc1csc(CC(=O)NNC(=O)COC(=O)c2ccccc2C(F)(F)F)n1. The Morgan fingerprint density at radius 1 is 1.15 bits per heavy atom.